The summed E-state index contributed by atoms with van der Waals surface area (Å²) in [7, 11) is 0. The molecule has 0 amide bonds. The molecule has 0 N–H and O–H groups in total. The SMILES string of the molecule is CCCc1sc(C)c(C)c1Br. The van der Waals surface area contributed by atoms with Crippen LogP contribution in [0.3, 0.4) is 0 Å². The van der Waals surface area contributed by atoms with E-state index in [1.54, 1.807) is 0 Å². The van der Waals surface area contributed by atoms with Crippen molar-refractivity contribution in [2.75, 3.05) is 0 Å². The zero-order valence-electron chi connectivity index (χ0n) is 7.20. The first-order valence-corrected chi connectivity index (χ1v) is 5.52. The third-order valence-electron chi connectivity index (χ3n) is 1.86. The fourth-order valence-corrected chi connectivity index (χ4v) is 3.10. The van der Waals surface area contributed by atoms with Gasteiger partial charge in [-0.25, -0.2) is 0 Å². The highest BCUT2D eigenvalue weighted by molar-refractivity contribution is 9.10. The average molecular weight is 233 g/mol. The maximum atomic E-state index is 3.61. The Morgan fingerprint density at radius 3 is 2.36 bits per heavy atom. The van der Waals surface area contributed by atoms with E-state index in [-0.39, 0.29) is 0 Å². The van der Waals surface area contributed by atoms with Crippen LogP contribution in [0.4, 0.5) is 0 Å². The highest BCUT2D eigenvalue weighted by Gasteiger charge is 2.07. The van der Waals surface area contributed by atoms with Crippen molar-refractivity contribution in [2.45, 2.75) is 33.6 Å². The molecule has 0 nitrogen and oxygen atoms in total. The van der Waals surface area contributed by atoms with Crippen LogP contribution in [-0.4, -0.2) is 0 Å². The van der Waals surface area contributed by atoms with Gasteiger partial charge in [-0.2, -0.15) is 0 Å². The zero-order chi connectivity index (χ0) is 8.43. The fraction of sp³-hybridized carbons (Fsp3) is 0.556. The van der Waals surface area contributed by atoms with Crippen LogP contribution in [0.15, 0.2) is 4.47 Å². The Labute approximate surface area is 80.8 Å². The van der Waals surface area contributed by atoms with Crippen LogP contribution in [0, 0.1) is 13.8 Å². The number of hydrogen-bond donors (Lipinski definition) is 0. The molecule has 1 aromatic heterocycles. The molecule has 0 fully saturated rings. The molecule has 1 rings (SSSR count). The first-order valence-electron chi connectivity index (χ1n) is 3.91. The van der Waals surface area contributed by atoms with Crippen LogP contribution in [-0.2, 0) is 6.42 Å². The van der Waals surface area contributed by atoms with Gasteiger partial charge in [-0.05, 0) is 41.8 Å². The molecule has 2 heteroatoms. The molecule has 62 valence electrons. The Balaban J connectivity index is 2.98. The number of thiophene rings is 1. The van der Waals surface area contributed by atoms with E-state index in [4.69, 9.17) is 0 Å². The lowest BCUT2D eigenvalue weighted by molar-refractivity contribution is 0.935. The lowest BCUT2D eigenvalue weighted by Gasteiger charge is -1.93. The molecule has 1 heterocycles. The van der Waals surface area contributed by atoms with Gasteiger partial charge in [0, 0.05) is 14.2 Å². The molecule has 0 saturated carbocycles. The average Bonchev–Trinajstić information content (AvgIpc) is 2.19. The molecule has 1 aromatic rings. The van der Waals surface area contributed by atoms with Crippen molar-refractivity contribution in [1.82, 2.24) is 0 Å². The van der Waals surface area contributed by atoms with E-state index < -0.39 is 0 Å². The van der Waals surface area contributed by atoms with Gasteiger partial charge in [0.05, 0.1) is 0 Å². The van der Waals surface area contributed by atoms with Crippen LogP contribution in [0.5, 0.6) is 0 Å². The molecule has 0 saturated heterocycles. The molecule has 0 aliphatic rings. The molecule has 0 atom stereocenters. The molecule has 0 aliphatic heterocycles. The van der Waals surface area contributed by atoms with Gasteiger partial charge in [0.1, 0.15) is 0 Å². The maximum Gasteiger partial charge on any atom is 0.0346 e. The van der Waals surface area contributed by atoms with E-state index in [0.717, 1.165) is 0 Å². The Kier molecular flexibility index (Phi) is 3.14. The van der Waals surface area contributed by atoms with Crippen LogP contribution < -0.4 is 0 Å². The molecule has 0 radical (unpaired) electrons. The summed E-state index contributed by atoms with van der Waals surface area (Å²) in [5, 5.41) is 0. The highest BCUT2D eigenvalue weighted by Crippen LogP contribution is 2.32. The molecule has 0 bridgehead atoms. The van der Waals surface area contributed by atoms with Gasteiger partial charge in [-0.3, -0.25) is 0 Å². The van der Waals surface area contributed by atoms with Gasteiger partial charge in [0.2, 0.25) is 0 Å². The normalized spacial score (nSPS) is 10.5. The second kappa shape index (κ2) is 3.72. The first-order chi connectivity index (χ1) is 5.16. The van der Waals surface area contributed by atoms with Crippen LogP contribution in [0.25, 0.3) is 0 Å². The zero-order valence-corrected chi connectivity index (χ0v) is 9.60. The summed E-state index contributed by atoms with van der Waals surface area (Å²) in [5.74, 6) is 0. The van der Waals surface area contributed by atoms with Crippen LogP contribution in [0.2, 0.25) is 0 Å². The van der Waals surface area contributed by atoms with Crippen molar-refractivity contribution < 1.29 is 0 Å². The largest absolute Gasteiger partial charge is 0.144 e. The Hall–Kier alpha value is 0.180. The molecular formula is C9H13BrS. The predicted octanol–water partition coefficient (Wildman–Crippen LogP) is 4.08. The summed E-state index contributed by atoms with van der Waals surface area (Å²) in [6, 6.07) is 0. The Morgan fingerprint density at radius 1 is 1.36 bits per heavy atom. The number of aryl methyl sites for hydroxylation is 2. The van der Waals surface area contributed by atoms with Gasteiger partial charge >= 0.3 is 0 Å². The first kappa shape index (κ1) is 9.27. The lowest BCUT2D eigenvalue weighted by atomic mass is 10.2. The molecule has 0 unspecified atom stereocenters. The van der Waals surface area contributed by atoms with E-state index >= 15 is 0 Å². The summed E-state index contributed by atoms with van der Waals surface area (Å²) < 4.78 is 1.34. The second-order valence-corrected chi connectivity index (χ2v) is 4.87. The third kappa shape index (κ3) is 1.85. The summed E-state index contributed by atoms with van der Waals surface area (Å²) in [6.07, 6.45) is 2.44. The molecule has 0 aliphatic carbocycles. The van der Waals surface area contributed by atoms with Crippen molar-refractivity contribution in [3.8, 4) is 0 Å². The predicted molar refractivity (Wildman–Crippen MR) is 55.5 cm³/mol. The van der Waals surface area contributed by atoms with Gasteiger partial charge in [-0.1, -0.05) is 13.3 Å². The van der Waals surface area contributed by atoms with E-state index in [2.05, 4.69) is 36.7 Å². The van der Waals surface area contributed by atoms with Crippen molar-refractivity contribution in [3.63, 3.8) is 0 Å². The Bertz CT molecular complexity index is 250. The summed E-state index contributed by atoms with van der Waals surface area (Å²) in [5.41, 5.74) is 1.42. The fourth-order valence-electron chi connectivity index (χ4n) is 1.06. The number of rotatable bonds is 2. The summed E-state index contributed by atoms with van der Waals surface area (Å²) in [6.45, 7) is 6.58. The number of hydrogen-bond acceptors (Lipinski definition) is 1. The smallest absolute Gasteiger partial charge is 0.0346 e. The standard InChI is InChI=1S/C9H13BrS/c1-4-5-8-9(10)6(2)7(3)11-8/h4-5H2,1-3H3. The van der Waals surface area contributed by atoms with Crippen LogP contribution in [0.1, 0.15) is 28.7 Å². The molecular weight excluding hydrogens is 220 g/mol. The molecule has 0 aromatic carbocycles. The Morgan fingerprint density at radius 2 is 2.00 bits per heavy atom. The van der Waals surface area contributed by atoms with E-state index in [1.165, 1.54) is 32.6 Å². The molecule has 11 heavy (non-hydrogen) atoms. The van der Waals surface area contributed by atoms with Gasteiger partial charge < -0.3 is 0 Å². The van der Waals surface area contributed by atoms with E-state index in [9.17, 15) is 0 Å². The molecule has 0 spiro atoms. The summed E-state index contributed by atoms with van der Waals surface area (Å²) in [4.78, 5) is 2.95. The van der Waals surface area contributed by atoms with Crippen molar-refractivity contribution in [2.24, 2.45) is 0 Å². The van der Waals surface area contributed by atoms with Gasteiger partial charge in [0.15, 0.2) is 0 Å². The minimum absolute atomic E-state index is 1.21. The minimum Gasteiger partial charge on any atom is -0.144 e. The highest BCUT2D eigenvalue weighted by atomic mass is 79.9. The van der Waals surface area contributed by atoms with E-state index in [0.29, 0.717) is 0 Å². The monoisotopic (exact) mass is 232 g/mol. The quantitative estimate of drug-likeness (QED) is 0.722. The van der Waals surface area contributed by atoms with E-state index in [1.807, 2.05) is 11.3 Å². The lowest BCUT2D eigenvalue weighted by Crippen LogP contribution is -1.77. The maximum absolute atomic E-state index is 3.61. The summed E-state index contributed by atoms with van der Waals surface area (Å²) >= 11 is 5.53. The second-order valence-electron chi connectivity index (χ2n) is 2.77. The van der Waals surface area contributed by atoms with Crippen molar-refractivity contribution in [1.29, 1.82) is 0 Å². The van der Waals surface area contributed by atoms with Crippen molar-refractivity contribution in [3.05, 3.63) is 19.8 Å². The van der Waals surface area contributed by atoms with Crippen LogP contribution >= 0.6 is 27.3 Å². The number of halogens is 1. The third-order valence-corrected chi connectivity index (χ3v) is 4.46. The van der Waals surface area contributed by atoms with Crippen molar-refractivity contribution >= 4 is 27.3 Å². The van der Waals surface area contributed by atoms with Gasteiger partial charge in [0.25, 0.3) is 0 Å². The minimum atomic E-state index is 1.21. The van der Waals surface area contributed by atoms with Gasteiger partial charge in [-0.15, -0.1) is 11.3 Å². The topological polar surface area (TPSA) is 0 Å².